The third-order valence-electron chi connectivity index (χ3n) is 11.5. The summed E-state index contributed by atoms with van der Waals surface area (Å²) in [5.74, 6) is 1.21. The van der Waals surface area contributed by atoms with Gasteiger partial charge in [-0.25, -0.2) is 4.98 Å². The summed E-state index contributed by atoms with van der Waals surface area (Å²) in [5, 5.41) is 11.8. The molecule has 2 aromatic heterocycles. The van der Waals surface area contributed by atoms with Crippen molar-refractivity contribution in [3.8, 4) is 78.6 Å². The lowest BCUT2D eigenvalue weighted by molar-refractivity contribution is 0.472. The van der Waals surface area contributed by atoms with Crippen molar-refractivity contribution in [3.05, 3.63) is 192 Å². The second-order valence-corrected chi connectivity index (χ2v) is 16.7. The normalized spacial score (nSPS) is 14.5. The largest absolute Gasteiger partial charge is 0.507 e. The van der Waals surface area contributed by atoms with E-state index in [1.165, 1.54) is 17.7 Å². The van der Waals surface area contributed by atoms with Crippen LogP contribution in [0.3, 0.4) is 0 Å². The number of imidazole rings is 1. The van der Waals surface area contributed by atoms with Gasteiger partial charge in [-0.05, 0) is 142 Å². The van der Waals surface area contributed by atoms with Crippen molar-refractivity contribution in [1.29, 1.82) is 0 Å². The molecule has 0 amide bonds. The fourth-order valence-electron chi connectivity index (χ4n) is 8.52. The van der Waals surface area contributed by atoms with E-state index in [0.29, 0.717) is 34.1 Å². The lowest BCUT2D eigenvalue weighted by atomic mass is 9.86. The number of benzene rings is 7. The number of hydrogen-bond donors (Lipinski definition) is 1. The molecule has 0 fully saturated rings. The van der Waals surface area contributed by atoms with Crippen LogP contribution < -0.4 is 0 Å². The highest BCUT2D eigenvalue weighted by molar-refractivity contribution is 5.98. The van der Waals surface area contributed by atoms with Gasteiger partial charge in [-0.15, -0.1) is 0 Å². The number of nitrogens with zero attached hydrogens (tertiary/aromatic N) is 3. The summed E-state index contributed by atoms with van der Waals surface area (Å²) in [6.07, 6.45) is 2.59. The van der Waals surface area contributed by atoms with Gasteiger partial charge in [0.2, 0.25) is 0 Å². The van der Waals surface area contributed by atoms with E-state index in [2.05, 4.69) is 91.2 Å². The monoisotopic (exact) mass is 816 g/mol. The highest BCUT2D eigenvalue weighted by Crippen LogP contribution is 2.43. The molecule has 306 valence electrons. The molecule has 0 saturated carbocycles. The Kier molecular flexibility index (Phi) is 8.19. The van der Waals surface area contributed by atoms with E-state index in [0.717, 1.165) is 73.2 Å². The van der Waals surface area contributed by atoms with Crippen molar-refractivity contribution in [2.45, 2.75) is 60.1 Å². The Morgan fingerprint density at radius 3 is 2.02 bits per heavy atom. The van der Waals surface area contributed by atoms with Crippen molar-refractivity contribution in [2.75, 3.05) is 0 Å². The molecule has 9 rings (SSSR count). The number of aromatic hydroxyl groups is 1. The van der Waals surface area contributed by atoms with Gasteiger partial charge in [0, 0.05) is 35.2 Å². The average Bonchev–Trinajstić information content (AvgIpc) is 3.71. The molecule has 0 aliphatic heterocycles. The van der Waals surface area contributed by atoms with Gasteiger partial charge >= 0.3 is 0 Å². The number of pyridine rings is 1. The fraction of sp³-hybridized carbons (Fsp3) is 0.172. The van der Waals surface area contributed by atoms with Crippen LogP contribution in [0.2, 0.25) is 0 Å². The molecule has 0 aliphatic rings. The highest BCUT2D eigenvalue weighted by Gasteiger charge is 2.24. The first-order valence-corrected chi connectivity index (χ1v) is 21.0. The standard InChI is InChI=1S/C58H53N3O/c1-37(2)29-40-21-26-53(50(32-40)43-17-12-9-13-18-43)61-54-20-14-19-49(55(54)60-57(61)51-31-38(3)30-39(4)56(51)62)46-33-45(41-15-10-8-11-16-41)34-47(35-46)52-36-44(27-28-59-52)42-22-24-48(25-23-42)58(5,6)7/h8-28,30-37,62H,29H2,1-7H3/i5D3,6D3,7D3. The smallest absolute Gasteiger partial charge is 0.149 e. The Morgan fingerprint density at radius 1 is 0.597 bits per heavy atom. The van der Waals surface area contributed by atoms with Gasteiger partial charge in [0.25, 0.3) is 0 Å². The van der Waals surface area contributed by atoms with Gasteiger partial charge in [0.15, 0.2) is 0 Å². The molecule has 9 aromatic rings. The Balaban J connectivity index is 1.24. The first kappa shape index (κ1) is 30.9. The number of phenols is 1. The van der Waals surface area contributed by atoms with E-state index in [-0.39, 0.29) is 11.3 Å². The van der Waals surface area contributed by atoms with Crippen molar-refractivity contribution < 1.29 is 17.4 Å². The Hall–Kier alpha value is -7.04. The van der Waals surface area contributed by atoms with E-state index in [4.69, 9.17) is 22.3 Å². The van der Waals surface area contributed by atoms with Crippen molar-refractivity contribution in [1.82, 2.24) is 14.5 Å². The molecule has 1 N–H and O–H groups in total. The number of phenolic OH excluding ortho intramolecular Hbond substituents is 1. The minimum atomic E-state index is -3.37. The van der Waals surface area contributed by atoms with Crippen LogP contribution >= 0.6 is 0 Å². The summed E-state index contributed by atoms with van der Waals surface area (Å²) >= 11 is 0. The number of aromatic nitrogens is 3. The number of para-hydroxylation sites is 1. The van der Waals surface area contributed by atoms with Gasteiger partial charge in [-0.3, -0.25) is 9.55 Å². The molecular weight excluding hydrogens is 755 g/mol. The van der Waals surface area contributed by atoms with Crippen LogP contribution in [0, 0.1) is 19.8 Å². The molecule has 0 aliphatic carbocycles. The van der Waals surface area contributed by atoms with Crippen LogP contribution in [-0.4, -0.2) is 19.6 Å². The summed E-state index contributed by atoms with van der Waals surface area (Å²) in [6.45, 7) is -1.75. The van der Waals surface area contributed by atoms with Gasteiger partial charge in [0.05, 0.1) is 28.0 Å². The van der Waals surface area contributed by atoms with Gasteiger partial charge in [-0.2, -0.15) is 0 Å². The van der Waals surface area contributed by atoms with E-state index in [9.17, 15) is 5.11 Å². The minimum absolute atomic E-state index is 0.159. The van der Waals surface area contributed by atoms with Crippen molar-refractivity contribution >= 4 is 11.0 Å². The molecule has 62 heavy (non-hydrogen) atoms. The summed E-state index contributed by atoms with van der Waals surface area (Å²) in [4.78, 5) is 10.3. The van der Waals surface area contributed by atoms with Crippen LogP contribution in [0.25, 0.3) is 83.9 Å². The average molecular weight is 817 g/mol. The topological polar surface area (TPSA) is 50.9 Å². The quantitative estimate of drug-likeness (QED) is 0.158. The number of fused-ring (bicyclic) bond motifs is 1. The van der Waals surface area contributed by atoms with Crippen molar-refractivity contribution in [2.24, 2.45) is 5.92 Å². The third kappa shape index (κ3) is 7.97. The molecular formula is C58H53N3O. The van der Waals surface area contributed by atoms with Gasteiger partial charge < -0.3 is 5.11 Å². The SMILES string of the molecule is [2H]C([2H])([2H])C(c1ccc(-c2ccnc(-c3cc(-c4ccccc4)cc(-c4cccc5c4nc(-c4cc(C)cc(C)c4O)n5-c4ccc(CC(C)C)cc4-c4ccccc4)c3)c2)cc1)(C([2H])([2H])[2H])C([2H])([2H])[2H]. The molecule has 0 atom stereocenters. The lowest BCUT2D eigenvalue weighted by Gasteiger charge is -2.19. The van der Waals surface area contributed by atoms with Gasteiger partial charge in [-0.1, -0.05) is 144 Å². The number of aryl methyl sites for hydroxylation is 2. The molecule has 4 heteroatoms. The summed E-state index contributed by atoms with van der Waals surface area (Å²) in [6, 6.07) is 52.9. The van der Waals surface area contributed by atoms with E-state index >= 15 is 0 Å². The van der Waals surface area contributed by atoms with E-state index < -0.39 is 26.0 Å². The van der Waals surface area contributed by atoms with E-state index in [1.807, 2.05) is 74.5 Å². The maximum absolute atomic E-state index is 11.8. The number of hydrogen-bond acceptors (Lipinski definition) is 3. The maximum atomic E-state index is 11.8. The fourth-order valence-corrected chi connectivity index (χ4v) is 8.52. The Morgan fingerprint density at radius 2 is 1.29 bits per heavy atom. The van der Waals surface area contributed by atoms with Crippen LogP contribution in [0.1, 0.15) is 69.0 Å². The molecule has 0 spiro atoms. The predicted molar refractivity (Wildman–Crippen MR) is 260 cm³/mol. The predicted octanol–water partition coefficient (Wildman–Crippen LogP) is 15.2. The zero-order chi connectivity index (χ0) is 50.6. The Labute approximate surface area is 378 Å². The number of rotatable bonds is 9. The first-order valence-electron chi connectivity index (χ1n) is 25.5. The van der Waals surface area contributed by atoms with Crippen molar-refractivity contribution in [3.63, 3.8) is 0 Å². The second kappa shape index (κ2) is 16.4. The minimum Gasteiger partial charge on any atom is -0.507 e. The lowest BCUT2D eigenvalue weighted by Crippen LogP contribution is -2.10. The molecule has 0 unspecified atom stereocenters. The van der Waals surface area contributed by atoms with Crippen LogP contribution in [0.15, 0.2) is 170 Å². The molecule has 7 aromatic carbocycles. The summed E-state index contributed by atoms with van der Waals surface area (Å²) in [5.41, 5.74) is 11.1. The second-order valence-electron chi connectivity index (χ2n) is 16.7. The van der Waals surface area contributed by atoms with Gasteiger partial charge in [0.1, 0.15) is 11.6 Å². The summed E-state index contributed by atoms with van der Waals surface area (Å²) < 4.78 is 76.0. The van der Waals surface area contributed by atoms with Crippen LogP contribution in [0.4, 0.5) is 0 Å². The first-order chi connectivity index (χ1) is 33.7. The van der Waals surface area contributed by atoms with Crippen LogP contribution in [-0.2, 0) is 11.8 Å². The van der Waals surface area contributed by atoms with E-state index in [1.54, 1.807) is 24.4 Å². The summed E-state index contributed by atoms with van der Waals surface area (Å²) in [7, 11) is 0. The molecule has 2 heterocycles. The maximum Gasteiger partial charge on any atom is 0.149 e. The Bertz CT molecular complexity index is 3380. The molecule has 0 radical (unpaired) electrons. The molecule has 0 bridgehead atoms. The highest BCUT2D eigenvalue weighted by atomic mass is 16.3. The zero-order valence-corrected chi connectivity index (χ0v) is 35.2. The molecule has 0 saturated heterocycles. The van der Waals surface area contributed by atoms with Crippen LogP contribution in [0.5, 0.6) is 5.75 Å². The third-order valence-corrected chi connectivity index (χ3v) is 11.5. The molecule has 4 nitrogen and oxygen atoms in total. The zero-order valence-electron chi connectivity index (χ0n) is 44.2.